The van der Waals surface area contributed by atoms with Gasteiger partial charge in [0.2, 0.25) is 0 Å². The second-order valence-corrected chi connectivity index (χ2v) is 5.60. The van der Waals surface area contributed by atoms with E-state index in [9.17, 15) is 13.2 Å². The van der Waals surface area contributed by atoms with Crippen molar-refractivity contribution < 1.29 is 13.2 Å². The zero-order valence-electron chi connectivity index (χ0n) is 10.8. The summed E-state index contributed by atoms with van der Waals surface area (Å²) >= 11 is 0. The molecule has 1 aliphatic carbocycles. The van der Waals surface area contributed by atoms with Gasteiger partial charge in [0, 0.05) is 12.5 Å². The van der Waals surface area contributed by atoms with Crippen LogP contribution in [0.4, 0.5) is 13.2 Å². The van der Waals surface area contributed by atoms with Crippen LogP contribution in [-0.4, -0.2) is 18.8 Å². The normalized spacial score (nSPS) is 27.4. The zero-order chi connectivity index (χ0) is 12.9. The van der Waals surface area contributed by atoms with E-state index in [4.69, 9.17) is 0 Å². The molecule has 3 unspecified atom stereocenters. The summed E-state index contributed by atoms with van der Waals surface area (Å²) in [4.78, 5) is 0. The molecule has 0 amide bonds. The van der Waals surface area contributed by atoms with E-state index >= 15 is 0 Å². The lowest BCUT2D eigenvalue weighted by Crippen LogP contribution is -2.30. The van der Waals surface area contributed by atoms with Crippen LogP contribution in [0.2, 0.25) is 0 Å². The maximum atomic E-state index is 12.0. The van der Waals surface area contributed by atoms with Gasteiger partial charge in [-0.25, -0.2) is 0 Å². The van der Waals surface area contributed by atoms with Gasteiger partial charge in [-0.15, -0.1) is 0 Å². The standard InChI is InChI=1S/C13H24F3N/c1-10-5-6-12(8-10)9-17-11(2)4-3-7-13(14,15)16/h10-12,17H,3-9H2,1-2H3. The largest absolute Gasteiger partial charge is 0.389 e. The van der Waals surface area contributed by atoms with Crippen molar-refractivity contribution in [3.8, 4) is 0 Å². The van der Waals surface area contributed by atoms with Gasteiger partial charge in [0.25, 0.3) is 0 Å². The van der Waals surface area contributed by atoms with E-state index in [2.05, 4.69) is 12.2 Å². The molecular formula is C13H24F3N. The minimum absolute atomic E-state index is 0.202. The van der Waals surface area contributed by atoms with Gasteiger partial charge >= 0.3 is 6.18 Å². The van der Waals surface area contributed by atoms with Crippen molar-refractivity contribution in [2.45, 2.75) is 64.6 Å². The van der Waals surface area contributed by atoms with Crippen LogP contribution in [0.3, 0.4) is 0 Å². The predicted molar refractivity (Wildman–Crippen MR) is 63.9 cm³/mol. The van der Waals surface area contributed by atoms with E-state index in [1.807, 2.05) is 6.92 Å². The quantitative estimate of drug-likeness (QED) is 0.748. The Kier molecular flexibility index (Phi) is 5.77. The molecule has 102 valence electrons. The number of hydrogen-bond acceptors (Lipinski definition) is 1. The molecule has 0 aromatic heterocycles. The third kappa shape index (κ3) is 6.92. The Morgan fingerprint density at radius 1 is 1.29 bits per heavy atom. The fourth-order valence-electron chi connectivity index (χ4n) is 2.59. The van der Waals surface area contributed by atoms with Crippen molar-refractivity contribution in [3.05, 3.63) is 0 Å². The molecule has 0 aromatic carbocycles. The topological polar surface area (TPSA) is 12.0 Å². The van der Waals surface area contributed by atoms with Crippen molar-refractivity contribution in [1.82, 2.24) is 5.32 Å². The summed E-state index contributed by atoms with van der Waals surface area (Å²) < 4.78 is 35.9. The summed E-state index contributed by atoms with van der Waals surface area (Å²) in [6, 6.07) is 0.202. The van der Waals surface area contributed by atoms with Crippen LogP contribution in [0.5, 0.6) is 0 Å². The van der Waals surface area contributed by atoms with E-state index < -0.39 is 12.6 Å². The van der Waals surface area contributed by atoms with E-state index in [0.717, 1.165) is 18.4 Å². The molecule has 4 heteroatoms. The molecule has 1 saturated carbocycles. The Morgan fingerprint density at radius 3 is 2.53 bits per heavy atom. The molecule has 0 spiro atoms. The second-order valence-electron chi connectivity index (χ2n) is 5.60. The van der Waals surface area contributed by atoms with Crippen molar-refractivity contribution in [1.29, 1.82) is 0 Å². The molecule has 17 heavy (non-hydrogen) atoms. The molecule has 0 radical (unpaired) electrons. The Labute approximate surface area is 102 Å². The average Bonchev–Trinajstić information content (AvgIpc) is 2.59. The summed E-state index contributed by atoms with van der Waals surface area (Å²) in [6.07, 6.45) is 0.0289. The first-order chi connectivity index (χ1) is 7.87. The van der Waals surface area contributed by atoms with Gasteiger partial charge in [-0.05, 0) is 51.0 Å². The van der Waals surface area contributed by atoms with E-state index in [1.165, 1.54) is 19.3 Å². The number of hydrogen-bond donors (Lipinski definition) is 1. The summed E-state index contributed by atoms with van der Waals surface area (Å²) in [7, 11) is 0. The zero-order valence-corrected chi connectivity index (χ0v) is 10.8. The highest BCUT2D eigenvalue weighted by molar-refractivity contribution is 4.75. The van der Waals surface area contributed by atoms with Gasteiger partial charge in [0.1, 0.15) is 0 Å². The first-order valence-corrected chi connectivity index (χ1v) is 6.67. The third-order valence-electron chi connectivity index (χ3n) is 3.66. The van der Waals surface area contributed by atoms with Crippen LogP contribution < -0.4 is 5.32 Å². The molecule has 0 aliphatic heterocycles. The molecule has 1 rings (SSSR count). The lowest BCUT2D eigenvalue weighted by atomic mass is 10.1. The van der Waals surface area contributed by atoms with Gasteiger partial charge in [-0.3, -0.25) is 0 Å². The van der Waals surface area contributed by atoms with Crippen LogP contribution in [0.25, 0.3) is 0 Å². The molecule has 0 saturated heterocycles. The number of halogens is 3. The van der Waals surface area contributed by atoms with Gasteiger partial charge < -0.3 is 5.32 Å². The summed E-state index contributed by atoms with van der Waals surface area (Å²) in [5.74, 6) is 1.55. The van der Waals surface area contributed by atoms with Gasteiger partial charge in [0.15, 0.2) is 0 Å². The molecule has 3 atom stereocenters. The highest BCUT2D eigenvalue weighted by Gasteiger charge is 2.26. The van der Waals surface area contributed by atoms with Crippen molar-refractivity contribution in [3.63, 3.8) is 0 Å². The maximum absolute atomic E-state index is 12.0. The first kappa shape index (κ1) is 14.8. The van der Waals surface area contributed by atoms with Crippen LogP contribution >= 0.6 is 0 Å². The fraction of sp³-hybridized carbons (Fsp3) is 1.00. The SMILES string of the molecule is CC1CCC(CNC(C)CCCC(F)(F)F)C1. The molecule has 1 aliphatic rings. The Morgan fingerprint density at radius 2 is 2.00 bits per heavy atom. The number of alkyl halides is 3. The summed E-state index contributed by atoms with van der Waals surface area (Å²) in [5, 5.41) is 3.36. The van der Waals surface area contributed by atoms with Crippen LogP contribution in [0.1, 0.15) is 52.4 Å². The van der Waals surface area contributed by atoms with Crippen LogP contribution in [0.15, 0.2) is 0 Å². The lowest BCUT2D eigenvalue weighted by Gasteiger charge is -2.17. The minimum atomic E-state index is -4.00. The molecule has 0 aromatic rings. The monoisotopic (exact) mass is 251 g/mol. The smallest absolute Gasteiger partial charge is 0.314 e. The fourth-order valence-corrected chi connectivity index (χ4v) is 2.59. The Hall–Kier alpha value is -0.250. The van der Waals surface area contributed by atoms with E-state index in [1.54, 1.807) is 0 Å². The van der Waals surface area contributed by atoms with Crippen molar-refractivity contribution in [2.24, 2.45) is 11.8 Å². The molecule has 0 heterocycles. The van der Waals surface area contributed by atoms with E-state index in [-0.39, 0.29) is 12.5 Å². The summed E-state index contributed by atoms with van der Waals surface area (Å²) in [5.41, 5.74) is 0. The number of rotatable bonds is 6. The maximum Gasteiger partial charge on any atom is 0.389 e. The Bertz CT molecular complexity index is 215. The average molecular weight is 251 g/mol. The Balaban J connectivity index is 2.03. The molecular weight excluding hydrogens is 227 g/mol. The minimum Gasteiger partial charge on any atom is -0.314 e. The summed E-state index contributed by atoms with van der Waals surface area (Å²) in [6.45, 7) is 5.22. The predicted octanol–water partition coefficient (Wildman–Crippen LogP) is 4.13. The molecule has 1 fully saturated rings. The highest BCUT2D eigenvalue weighted by atomic mass is 19.4. The van der Waals surface area contributed by atoms with Gasteiger partial charge in [-0.2, -0.15) is 13.2 Å². The van der Waals surface area contributed by atoms with Crippen molar-refractivity contribution in [2.75, 3.05) is 6.54 Å². The second kappa shape index (κ2) is 6.62. The lowest BCUT2D eigenvalue weighted by molar-refractivity contribution is -0.135. The van der Waals surface area contributed by atoms with Crippen LogP contribution in [-0.2, 0) is 0 Å². The van der Waals surface area contributed by atoms with E-state index in [0.29, 0.717) is 6.42 Å². The molecule has 1 N–H and O–H groups in total. The van der Waals surface area contributed by atoms with Crippen LogP contribution in [0, 0.1) is 11.8 Å². The van der Waals surface area contributed by atoms with Gasteiger partial charge in [-0.1, -0.05) is 13.3 Å². The number of nitrogens with one attached hydrogen (secondary N) is 1. The highest BCUT2D eigenvalue weighted by Crippen LogP contribution is 2.29. The first-order valence-electron chi connectivity index (χ1n) is 6.67. The third-order valence-corrected chi connectivity index (χ3v) is 3.66. The van der Waals surface area contributed by atoms with Crippen molar-refractivity contribution >= 4 is 0 Å². The molecule has 1 nitrogen and oxygen atoms in total. The van der Waals surface area contributed by atoms with Gasteiger partial charge in [0.05, 0.1) is 0 Å². The molecule has 0 bridgehead atoms.